The highest BCUT2D eigenvalue weighted by molar-refractivity contribution is 9.10. The first-order chi connectivity index (χ1) is 6.33. The molecule has 0 aliphatic rings. The van der Waals surface area contributed by atoms with E-state index in [2.05, 4.69) is 20.9 Å². The first kappa shape index (κ1) is 10.4. The number of aromatic nitrogens is 1. The number of hydrogen-bond acceptors (Lipinski definition) is 2. The molecule has 0 unspecified atom stereocenters. The molecular formula is C10H12BrNO. The Morgan fingerprint density at radius 1 is 1.54 bits per heavy atom. The molecule has 1 rings (SSSR count). The molecule has 0 amide bonds. The number of nitrogens with zero attached hydrogens (tertiary/aromatic N) is 1. The first-order valence-corrected chi connectivity index (χ1v) is 4.91. The van der Waals surface area contributed by atoms with E-state index in [1.165, 1.54) is 0 Å². The van der Waals surface area contributed by atoms with Crippen molar-refractivity contribution in [2.75, 3.05) is 6.61 Å². The van der Waals surface area contributed by atoms with Crippen molar-refractivity contribution in [1.82, 2.24) is 4.98 Å². The van der Waals surface area contributed by atoms with Crippen LogP contribution in [0, 0.1) is 0 Å². The molecule has 0 radical (unpaired) electrons. The van der Waals surface area contributed by atoms with Crippen LogP contribution in [0.5, 0.6) is 0 Å². The summed E-state index contributed by atoms with van der Waals surface area (Å²) in [5.41, 5.74) is 0.952. The first-order valence-electron chi connectivity index (χ1n) is 4.12. The lowest BCUT2D eigenvalue weighted by Crippen LogP contribution is -1.94. The molecule has 0 bridgehead atoms. The van der Waals surface area contributed by atoms with Crippen LogP contribution in [0.1, 0.15) is 12.6 Å². The number of pyridine rings is 1. The summed E-state index contributed by atoms with van der Waals surface area (Å²) < 4.78 is 6.33. The molecule has 0 saturated carbocycles. The van der Waals surface area contributed by atoms with Crippen LogP contribution in [0.3, 0.4) is 0 Å². The molecule has 13 heavy (non-hydrogen) atoms. The predicted octanol–water partition coefficient (Wildman–Crippen LogP) is 2.94. The van der Waals surface area contributed by atoms with Gasteiger partial charge in [-0.1, -0.05) is 12.2 Å². The van der Waals surface area contributed by atoms with Crippen LogP contribution in [0.2, 0.25) is 0 Å². The second-order valence-corrected chi connectivity index (χ2v) is 3.47. The van der Waals surface area contributed by atoms with Gasteiger partial charge < -0.3 is 4.74 Å². The van der Waals surface area contributed by atoms with Gasteiger partial charge in [0.2, 0.25) is 0 Å². The van der Waals surface area contributed by atoms with Gasteiger partial charge in [0.1, 0.15) is 0 Å². The van der Waals surface area contributed by atoms with Crippen molar-refractivity contribution < 1.29 is 4.74 Å². The zero-order chi connectivity index (χ0) is 9.52. The molecule has 0 aromatic carbocycles. The minimum absolute atomic E-state index is 0.567. The molecule has 0 saturated heterocycles. The van der Waals surface area contributed by atoms with Gasteiger partial charge in [-0.3, -0.25) is 4.98 Å². The molecule has 0 aliphatic heterocycles. The van der Waals surface area contributed by atoms with Crippen LogP contribution in [0.4, 0.5) is 0 Å². The van der Waals surface area contributed by atoms with Gasteiger partial charge in [-0.2, -0.15) is 0 Å². The summed E-state index contributed by atoms with van der Waals surface area (Å²) in [5.74, 6) is 0. The van der Waals surface area contributed by atoms with Gasteiger partial charge in [0.15, 0.2) is 0 Å². The van der Waals surface area contributed by atoms with Gasteiger partial charge in [-0.05, 0) is 35.0 Å². The standard InChI is InChI=1S/C10H12BrNO/c1-2-3-6-13-8-10-5-4-9(11)7-12-10/h2-5,7H,6,8H2,1H3/b3-2+. The fourth-order valence-electron chi connectivity index (χ4n) is 0.820. The molecule has 0 N–H and O–H groups in total. The van der Waals surface area contributed by atoms with Crippen LogP contribution >= 0.6 is 15.9 Å². The molecule has 3 heteroatoms. The average molecular weight is 242 g/mol. The zero-order valence-corrected chi connectivity index (χ0v) is 9.12. The SMILES string of the molecule is C/C=C/COCc1ccc(Br)cn1. The largest absolute Gasteiger partial charge is 0.371 e. The minimum Gasteiger partial charge on any atom is -0.371 e. The van der Waals surface area contributed by atoms with E-state index in [0.29, 0.717) is 13.2 Å². The molecular weight excluding hydrogens is 230 g/mol. The van der Waals surface area contributed by atoms with Crippen LogP contribution in [0.25, 0.3) is 0 Å². The van der Waals surface area contributed by atoms with Gasteiger partial charge in [0.25, 0.3) is 0 Å². The van der Waals surface area contributed by atoms with Crippen molar-refractivity contribution in [3.05, 3.63) is 40.6 Å². The maximum atomic E-state index is 5.34. The van der Waals surface area contributed by atoms with Gasteiger partial charge in [0.05, 0.1) is 18.9 Å². The van der Waals surface area contributed by atoms with Crippen LogP contribution < -0.4 is 0 Å². The summed E-state index contributed by atoms with van der Waals surface area (Å²) in [6.07, 6.45) is 5.71. The highest BCUT2D eigenvalue weighted by atomic mass is 79.9. The Bertz CT molecular complexity index is 269. The summed E-state index contributed by atoms with van der Waals surface area (Å²) in [5, 5.41) is 0. The fourth-order valence-corrected chi connectivity index (χ4v) is 1.05. The molecule has 0 fully saturated rings. The third kappa shape index (κ3) is 4.20. The minimum atomic E-state index is 0.567. The highest BCUT2D eigenvalue weighted by Crippen LogP contribution is 2.07. The maximum absolute atomic E-state index is 5.34. The quantitative estimate of drug-likeness (QED) is 0.598. The molecule has 1 aromatic heterocycles. The Labute approximate surface area is 86.8 Å². The van der Waals surface area contributed by atoms with Crippen LogP contribution in [0.15, 0.2) is 35.0 Å². The number of hydrogen-bond donors (Lipinski definition) is 0. The Morgan fingerprint density at radius 3 is 3.00 bits per heavy atom. The van der Waals surface area contributed by atoms with E-state index in [0.717, 1.165) is 10.2 Å². The van der Waals surface area contributed by atoms with E-state index >= 15 is 0 Å². The fraction of sp³-hybridized carbons (Fsp3) is 0.300. The third-order valence-electron chi connectivity index (χ3n) is 1.49. The number of rotatable bonds is 4. The van der Waals surface area contributed by atoms with E-state index < -0.39 is 0 Å². The Balaban J connectivity index is 2.33. The van der Waals surface area contributed by atoms with E-state index in [4.69, 9.17) is 4.74 Å². The normalized spacial score (nSPS) is 10.9. The van der Waals surface area contributed by atoms with E-state index in [1.54, 1.807) is 6.20 Å². The van der Waals surface area contributed by atoms with Crippen molar-refractivity contribution in [3.8, 4) is 0 Å². The zero-order valence-electron chi connectivity index (χ0n) is 7.53. The third-order valence-corrected chi connectivity index (χ3v) is 1.96. The Hall–Kier alpha value is -0.670. The van der Waals surface area contributed by atoms with Crippen molar-refractivity contribution in [3.63, 3.8) is 0 Å². The van der Waals surface area contributed by atoms with Gasteiger partial charge in [-0.15, -0.1) is 0 Å². The number of halogens is 1. The molecule has 70 valence electrons. The smallest absolute Gasteiger partial charge is 0.0892 e. The lowest BCUT2D eigenvalue weighted by Gasteiger charge is -2.00. The summed E-state index contributed by atoms with van der Waals surface area (Å²) in [4.78, 5) is 4.18. The average Bonchev–Trinajstić information content (AvgIpc) is 2.15. The molecule has 0 atom stereocenters. The van der Waals surface area contributed by atoms with Crippen molar-refractivity contribution in [2.24, 2.45) is 0 Å². The van der Waals surface area contributed by atoms with Crippen LogP contribution in [-0.4, -0.2) is 11.6 Å². The van der Waals surface area contributed by atoms with Crippen molar-refractivity contribution in [1.29, 1.82) is 0 Å². The van der Waals surface area contributed by atoms with Crippen molar-refractivity contribution >= 4 is 15.9 Å². The van der Waals surface area contributed by atoms with E-state index in [-0.39, 0.29) is 0 Å². The monoisotopic (exact) mass is 241 g/mol. The van der Waals surface area contributed by atoms with Gasteiger partial charge in [-0.25, -0.2) is 0 Å². The number of allylic oxidation sites excluding steroid dienone is 1. The topological polar surface area (TPSA) is 22.1 Å². The molecule has 2 nitrogen and oxygen atoms in total. The molecule has 0 spiro atoms. The Kier molecular flexibility index (Phi) is 4.72. The van der Waals surface area contributed by atoms with E-state index in [1.807, 2.05) is 31.2 Å². The second kappa shape index (κ2) is 5.89. The number of ether oxygens (including phenoxy) is 1. The summed E-state index contributed by atoms with van der Waals surface area (Å²) >= 11 is 3.32. The maximum Gasteiger partial charge on any atom is 0.0892 e. The van der Waals surface area contributed by atoms with Gasteiger partial charge in [0, 0.05) is 10.7 Å². The summed E-state index contributed by atoms with van der Waals surface area (Å²) in [6.45, 7) is 3.19. The summed E-state index contributed by atoms with van der Waals surface area (Å²) in [7, 11) is 0. The lowest BCUT2D eigenvalue weighted by atomic mass is 10.4. The molecule has 1 heterocycles. The predicted molar refractivity (Wildman–Crippen MR) is 56.4 cm³/mol. The summed E-state index contributed by atoms with van der Waals surface area (Å²) in [6, 6.07) is 3.90. The van der Waals surface area contributed by atoms with Crippen molar-refractivity contribution in [2.45, 2.75) is 13.5 Å². The highest BCUT2D eigenvalue weighted by Gasteiger charge is 1.92. The molecule has 0 aliphatic carbocycles. The van der Waals surface area contributed by atoms with Crippen LogP contribution in [-0.2, 0) is 11.3 Å². The second-order valence-electron chi connectivity index (χ2n) is 2.55. The molecule has 1 aromatic rings. The van der Waals surface area contributed by atoms with Gasteiger partial charge >= 0.3 is 0 Å². The Morgan fingerprint density at radius 2 is 2.38 bits per heavy atom. The lowest BCUT2D eigenvalue weighted by molar-refractivity contribution is 0.145. The van der Waals surface area contributed by atoms with E-state index in [9.17, 15) is 0 Å².